The van der Waals surface area contributed by atoms with Gasteiger partial charge in [-0.1, -0.05) is 30.3 Å². The minimum Gasteiger partial charge on any atom is -0.484 e. The van der Waals surface area contributed by atoms with E-state index in [9.17, 15) is 13.2 Å². The molecule has 0 fully saturated rings. The van der Waals surface area contributed by atoms with Crippen LogP contribution in [0.15, 0.2) is 71.6 Å². The lowest BCUT2D eigenvalue weighted by Crippen LogP contribution is -2.39. The van der Waals surface area contributed by atoms with E-state index in [0.29, 0.717) is 11.4 Å². The van der Waals surface area contributed by atoms with E-state index >= 15 is 0 Å². The minimum atomic E-state index is -3.71. The highest BCUT2D eigenvalue weighted by atomic mass is 32.2. The molecular weight excluding hydrogens is 390 g/mol. The first-order valence-electron chi connectivity index (χ1n) is 8.95. The zero-order valence-electron chi connectivity index (χ0n) is 16.5. The fourth-order valence-corrected chi connectivity index (χ4v) is 4.04. The largest absolute Gasteiger partial charge is 0.484 e. The Hall–Kier alpha value is -3.10. The quantitative estimate of drug-likeness (QED) is 0.603. The van der Waals surface area contributed by atoms with Gasteiger partial charge in [0.05, 0.1) is 10.6 Å². The van der Waals surface area contributed by atoms with E-state index in [1.165, 1.54) is 16.4 Å². The van der Waals surface area contributed by atoms with E-state index in [4.69, 9.17) is 4.74 Å². The van der Waals surface area contributed by atoms with Gasteiger partial charge in [0, 0.05) is 21.1 Å². The Labute approximate surface area is 170 Å². The van der Waals surface area contributed by atoms with Gasteiger partial charge in [-0.15, -0.1) is 0 Å². The van der Waals surface area contributed by atoms with Crippen molar-refractivity contribution in [2.45, 2.75) is 4.90 Å². The fourth-order valence-electron chi connectivity index (χ4n) is 2.81. The fraction of sp³-hybridized carbons (Fsp3) is 0.190. The highest BCUT2D eigenvalue weighted by molar-refractivity contribution is 7.92. The molecule has 0 unspecified atom stereocenters. The zero-order valence-corrected chi connectivity index (χ0v) is 17.3. The third-order valence-corrected chi connectivity index (χ3v) is 6.08. The summed E-state index contributed by atoms with van der Waals surface area (Å²) in [5.74, 6) is 0.189. The summed E-state index contributed by atoms with van der Waals surface area (Å²) in [7, 11) is 1.21. The van der Waals surface area contributed by atoms with Gasteiger partial charge in [-0.05, 0) is 47.2 Å². The summed E-state index contributed by atoms with van der Waals surface area (Å²) in [5.41, 5.74) is 3.06. The number of hydrogen-bond acceptors (Lipinski definition) is 5. The molecular formula is C21H23N3O4S. The summed E-state index contributed by atoms with van der Waals surface area (Å²) in [5, 5.41) is 3.37. The molecule has 0 aliphatic carbocycles. The summed E-state index contributed by atoms with van der Waals surface area (Å²) >= 11 is 0. The van der Waals surface area contributed by atoms with Crippen LogP contribution in [0.4, 0.5) is 5.69 Å². The summed E-state index contributed by atoms with van der Waals surface area (Å²) < 4.78 is 32.7. The van der Waals surface area contributed by atoms with E-state index < -0.39 is 10.0 Å². The molecule has 0 aliphatic rings. The number of fused-ring (bicyclic) bond motifs is 1. The van der Waals surface area contributed by atoms with Crippen molar-refractivity contribution in [2.24, 2.45) is 0 Å². The van der Waals surface area contributed by atoms with Crippen molar-refractivity contribution in [3.05, 3.63) is 66.7 Å². The van der Waals surface area contributed by atoms with Gasteiger partial charge in [0.1, 0.15) is 5.75 Å². The Morgan fingerprint density at radius 2 is 1.59 bits per heavy atom. The predicted molar refractivity (Wildman–Crippen MR) is 113 cm³/mol. The molecule has 152 valence electrons. The van der Waals surface area contributed by atoms with Crippen molar-refractivity contribution in [1.29, 1.82) is 0 Å². The number of sulfonamides is 1. The molecule has 3 aromatic carbocycles. The number of carbonyl (C=O) groups is 1. The van der Waals surface area contributed by atoms with E-state index in [2.05, 4.69) is 5.43 Å². The number of carbonyl (C=O) groups excluding carboxylic acids is 1. The van der Waals surface area contributed by atoms with Gasteiger partial charge in [-0.25, -0.2) is 13.4 Å². The van der Waals surface area contributed by atoms with E-state index in [0.717, 1.165) is 10.8 Å². The average Bonchev–Trinajstić information content (AvgIpc) is 2.71. The molecule has 3 aromatic rings. The van der Waals surface area contributed by atoms with Crippen LogP contribution in [0.5, 0.6) is 5.75 Å². The lowest BCUT2D eigenvalue weighted by atomic mass is 10.1. The first kappa shape index (κ1) is 20.6. The SMILES string of the molecule is CN(C)NC(=O)COc1ccc(N(C)S(=O)(=O)c2ccc3ccccc3c2)cc1. The second-order valence-corrected chi connectivity index (χ2v) is 8.66. The van der Waals surface area contributed by atoms with Crippen LogP contribution in [0.1, 0.15) is 0 Å². The van der Waals surface area contributed by atoms with Crippen LogP contribution in [0, 0.1) is 0 Å². The lowest BCUT2D eigenvalue weighted by molar-refractivity contribution is -0.126. The van der Waals surface area contributed by atoms with Gasteiger partial charge in [-0.3, -0.25) is 14.5 Å². The van der Waals surface area contributed by atoms with Crippen LogP contribution in [0.25, 0.3) is 10.8 Å². The number of nitrogens with one attached hydrogen (secondary N) is 1. The maximum Gasteiger partial charge on any atom is 0.272 e. The third-order valence-electron chi connectivity index (χ3n) is 4.30. The Morgan fingerprint density at radius 3 is 2.24 bits per heavy atom. The van der Waals surface area contributed by atoms with E-state index in [1.54, 1.807) is 56.6 Å². The summed E-state index contributed by atoms with van der Waals surface area (Å²) in [4.78, 5) is 11.8. The van der Waals surface area contributed by atoms with Gasteiger partial charge in [0.25, 0.3) is 15.9 Å². The van der Waals surface area contributed by atoms with Crippen LogP contribution < -0.4 is 14.5 Å². The third kappa shape index (κ3) is 4.85. The van der Waals surface area contributed by atoms with Gasteiger partial charge in [0.2, 0.25) is 0 Å². The molecule has 0 bridgehead atoms. The van der Waals surface area contributed by atoms with Gasteiger partial charge < -0.3 is 4.74 Å². The maximum absolute atomic E-state index is 13.0. The Morgan fingerprint density at radius 1 is 0.931 bits per heavy atom. The summed E-state index contributed by atoms with van der Waals surface area (Å²) in [6, 6.07) is 19.2. The van der Waals surface area contributed by atoms with E-state index in [-0.39, 0.29) is 17.4 Å². The minimum absolute atomic E-state index is 0.136. The first-order chi connectivity index (χ1) is 13.8. The summed E-state index contributed by atoms with van der Waals surface area (Å²) in [6.45, 7) is -0.136. The van der Waals surface area contributed by atoms with Crippen LogP contribution in [-0.2, 0) is 14.8 Å². The number of amides is 1. The monoisotopic (exact) mass is 413 g/mol. The van der Waals surface area contributed by atoms with Crippen LogP contribution in [-0.4, -0.2) is 47.1 Å². The number of ether oxygens (including phenoxy) is 1. The van der Waals surface area contributed by atoms with Gasteiger partial charge in [-0.2, -0.15) is 0 Å². The van der Waals surface area contributed by atoms with Crippen molar-refractivity contribution in [1.82, 2.24) is 10.4 Å². The van der Waals surface area contributed by atoms with Crippen molar-refractivity contribution in [3.8, 4) is 5.75 Å². The molecule has 0 atom stereocenters. The van der Waals surface area contributed by atoms with Crippen LogP contribution >= 0.6 is 0 Å². The van der Waals surface area contributed by atoms with Crippen molar-refractivity contribution >= 4 is 32.4 Å². The van der Waals surface area contributed by atoms with E-state index in [1.807, 2.05) is 24.3 Å². The summed E-state index contributed by atoms with van der Waals surface area (Å²) in [6.07, 6.45) is 0. The normalized spacial score (nSPS) is 11.4. The molecule has 3 rings (SSSR count). The standard InChI is InChI=1S/C21H23N3O4S/c1-23(2)22-21(25)15-28-19-11-9-18(10-12-19)24(3)29(26,27)20-13-8-16-6-4-5-7-17(16)14-20/h4-14H,15H2,1-3H3,(H,22,25). The van der Waals surface area contributed by atoms with Crippen LogP contribution in [0.3, 0.4) is 0 Å². The molecule has 1 amide bonds. The molecule has 8 heteroatoms. The first-order valence-corrected chi connectivity index (χ1v) is 10.4. The molecule has 0 heterocycles. The Bertz CT molecular complexity index is 1110. The van der Waals surface area contributed by atoms with Gasteiger partial charge in [0.15, 0.2) is 6.61 Å². The van der Waals surface area contributed by atoms with Crippen LogP contribution in [0.2, 0.25) is 0 Å². The molecule has 0 aromatic heterocycles. The maximum atomic E-state index is 13.0. The average molecular weight is 413 g/mol. The Balaban J connectivity index is 1.74. The van der Waals surface area contributed by atoms with Crippen molar-refractivity contribution in [3.63, 3.8) is 0 Å². The molecule has 1 N–H and O–H groups in total. The second kappa shape index (κ2) is 8.50. The molecule has 0 saturated heterocycles. The number of nitrogens with zero attached hydrogens (tertiary/aromatic N) is 2. The van der Waals surface area contributed by atoms with Crippen molar-refractivity contribution in [2.75, 3.05) is 32.1 Å². The number of hydrazine groups is 1. The number of hydrogen-bond donors (Lipinski definition) is 1. The van der Waals surface area contributed by atoms with Gasteiger partial charge >= 0.3 is 0 Å². The molecule has 0 radical (unpaired) electrons. The molecule has 0 spiro atoms. The molecule has 0 aliphatic heterocycles. The topological polar surface area (TPSA) is 79.0 Å². The smallest absolute Gasteiger partial charge is 0.272 e. The highest BCUT2D eigenvalue weighted by Crippen LogP contribution is 2.26. The van der Waals surface area contributed by atoms with Crippen molar-refractivity contribution < 1.29 is 17.9 Å². The molecule has 0 saturated carbocycles. The number of anilines is 1. The highest BCUT2D eigenvalue weighted by Gasteiger charge is 2.21. The Kier molecular flexibility index (Phi) is 6.05. The molecule has 7 nitrogen and oxygen atoms in total. The second-order valence-electron chi connectivity index (χ2n) is 6.69. The zero-order chi connectivity index (χ0) is 21.0. The number of benzene rings is 3. The predicted octanol–water partition coefficient (Wildman–Crippen LogP) is 2.64. The molecule has 29 heavy (non-hydrogen) atoms. The number of rotatable bonds is 7. The lowest BCUT2D eigenvalue weighted by Gasteiger charge is -2.20.